The monoisotopic (exact) mass is 647 g/mol. The van der Waals surface area contributed by atoms with Crippen molar-refractivity contribution in [2.75, 3.05) is 31.6 Å². The third-order valence-electron chi connectivity index (χ3n) is 12.1. The number of rotatable bonds is 14. The fourth-order valence-electron chi connectivity index (χ4n) is 9.62. The molecule has 4 aliphatic carbocycles. The smallest absolute Gasteiger partial charge is 0.453 e. The zero-order valence-corrected chi connectivity index (χ0v) is 27.2. The van der Waals surface area contributed by atoms with Gasteiger partial charge in [-0.25, -0.2) is 0 Å². The Morgan fingerprint density at radius 3 is 2.45 bits per heavy atom. The summed E-state index contributed by atoms with van der Waals surface area (Å²) in [5, 5.41) is 21.9. The molecule has 0 aromatic heterocycles. The normalized spacial score (nSPS) is 35.1. The van der Waals surface area contributed by atoms with Gasteiger partial charge in [-0.05, 0) is 143 Å². The maximum absolute atomic E-state index is 13.0. The van der Waals surface area contributed by atoms with Gasteiger partial charge < -0.3 is 15.1 Å². The number of alkyl halides is 5. The third kappa shape index (κ3) is 6.60. The number of halogens is 5. The minimum atomic E-state index is -5.55. The zero-order valence-electron chi connectivity index (χ0n) is 26.4. The lowest BCUT2D eigenvalue weighted by atomic mass is 9.49. The van der Waals surface area contributed by atoms with Crippen LogP contribution in [0.4, 0.5) is 22.0 Å². The molecule has 0 heterocycles. The number of aromatic hydroxyl groups is 1. The van der Waals surface area contributed by atoms with Gasteiger partial charge in [-0.1, -0.05) is 25.8 Å². The van der Waals surface area contributed by atoms with Crippen molar-refractivity contribution >= 4 is 10.8 Å². The minimum Gasteiger partial charge on any atom is -0.508 e. The number of fused-ring (bicyclic) bond motifs is 7. The van der Waals surface area contributed by atoms with E-state index < -0.39 is 41.3 Å². The van der Waals surface area contributed by atoms with Gasteiger partial charge in [-0.2, -0.15) is 22.0 Å². The van der Waals surface area contributed by atoms with E-state index in [1.165, 1.54) is 11.1 Å². The Morgan fingerprint density at radius 2 is 1.73 bits per heavy atom. The van der Waals surface area contributed by atoms with E-state index in [-0.39, 0.29) is 11.2 Å². The fourth-order valence-corrected chi connectivity index (χ4v) is 10.7. The standard InChI is InChI=1S/C34H50F5NO3S/c1-31-14-12-26-25-11-10-24(41)20-23(25)19-22(29(26)30(31)27-21-28(27)32(31,2)42)9-5-4-6-15-40(3)16-8-18-44(43)17-7-13-33(35,36)34(37,38)39/h10-11,20,22,26-30,41-42H,4-9,12-19,21H2,1-3H3/t22-,26-,27-,28+,29-,30+,31+,32+,44?/m1/s1. The summed E-state index contributed by atoms with van der Waals surface area (Å²) in [7, 11) is 0.604. The van der Waals surface area contributed by atoms with Crippen LogP contribution in [-0.4, -0.2) is 68.7 Å². The molecule has 0 bridgehead atoms. The summed E-state index contributed by atoms with van der Waals surface area (Å²) in [6.07, 6.45) is 2.00. The summed E-state index contributed by atoms with van der Waals surface area (Å²) in [6, 6.07) is 5.95. The van der Waals surface area contributed by atoms with Crippen molar-refractivity contribution in [1.29, 1.82) is 0 Å². The molecule has 3 fully saturated rings. The van der Waals surface area contributed by atoms with Crippen molar-refractivity contribution < 1.29 is 36.4 Å². The predicted octanol–water partition coefficient (Wildman–Crippen LogP) is 7.69. The van der Waals surface area contributed by atoms with Gasteiger partial charge in [0.25, 0.3) is 0 Å². The summed E-state index contributed by atoms with van der Waals surface area (Å²) in [5.74, 6) is -1.00. The van der Waals surface area contributed by atoms with Gasteiger partial charge in [-0.15, -0.1) is 0 Å². The number of unbranched alkanes of at least 4 members (excludes halogenated alkanes) is 2. The Hall–Kier alpha value is -1.26. The van der Waals surface area contributed by atoms with Crippen LogP contribution in [0.2, 0.25) is 0 Å². The number of hydrogen-bond acceptors (Lipinski definition) is 4. The minimum absolute atomic E-state index is 0.0328. The molecular weight excluding hydrogens is 597 g/mol. The molecule has 0 spiro atoms. The van der Waals surface area contributed by atoms with E-state index in [1.807, 2.05) is 19.2 Å². The van der Waals surface area contributed by atoms with E-state index in [0.717, 1.165) is 57.9 Å². The van der Waals surface area contributed by atoms with Crippen LogP contribution in [-0.2, 0) is 17.2 Å². The van der Waals surface area contributed by atoms with Gasteiger partial charge in [0, 0.05) is 28.7 Å². The van der Waals surface area contributed by atoms with Crippen molar-refractivity contribution in [2.45, 2.75) is 108 Å². The van der Waals surface area contributed by atoms with Crippen LogP contribution in [0.15, 0.2) is 18.2 Å². The quantitative estimate of drug-likeness (QED) is 0.161. The first kappa shape index (κ1) is 34.1. The molecule has 1 aromatic rings. The summed E-state index contributed by atoms with van der Waals surface area (Å²) in [5.41, 5.74) is 2.08. The highest BCUT2D eigenvalue weighted by atomic mass is 32.2. The Kier molecular flexibility index (Phi) is 9.87. The molecule has 250 valence electrons. The summed E-state index contributed by atoms with van der Waals surface area (Å²) in [6.45, 7) is 6.04. The van der Waals surface area contributed by atoms with E-state index in [2.05, 4.69) is 24.8 Å². The molecule has 2 N–H and O–H groups in total. The second-order valence-electron chi connectivity index (χ2n) is 14.8. The maximum Gasteiger partial charge on any atom is 0.453 e. The summed E-state index contributed by atoms with van der Waals surface area (Å²) >= 11 is 0. The number of benzene rings is 1. The Balaban J connectivity index is 1.06. The van der Waals surface area contributed by atoms with Gasteiger partial charge in [0.05, 0.1) is 5.60 Å². The van der Waals surface area contributed by atoms with Crippen molar-refractivity contribution in [3.05, 3.63) is 29.3 Å². The van der Waals surface area contributed by atoms with Crippen LogP contribution >= 0.6 is 0 Å². The SMILES string of the molecule is CN(CCCCC[C@@H]1Cc2cc(O)ccc2[C@H]2CC[C@@]3(C)[C@@H]([C@@H]4C[C@@H]4[C@]3(C)O)[C@H]12)CCCS(=O)CCCC(F)(F)C(F)(F)F. The van der Waals surface area contributed by atoms with E-state index in [1.54, 1.807) is 0 Å². The van der Waals surface area contributed by atoms with Gasteiger partial charge in [0.1, 0.15) is 5.75 Å². The number of nitrogens with zero attached hydrogens (tertiary/aromatic N) is 1. The van der Waals surface area contributed by atoms with E-state index in [9.17, 15) is 36.4 Å². The first-order valence-corrected chi connectivity index (χ1v) is 18.1. The lowest BCUT2D eigenvalue weighted by molar-refractivity contribution is -0.284. The van der Waals surface area contributed by atoms with E-state index >= 15 is 0 Å². The molecular formula is C34H50F5NO3S. The predicted molar refractivity (Wildman–Crippen MR) is 163 cm³/mol. The van der Waals surface area contributed by atoms with E-state index in [0.29, 0.717) is 60.0 Å². The molecule has 1 unspecified atom stereocenters. The number of aliphatic hydroxyl groups is 1. The number of hydrogen-bond donors (Lipinski definition) is 2. The molecule has 0 saturated heterocycles. The largest absolute Gasteiger partial charge is 0.508 e. The third-order valence-corrected chi connectivity index (χ3v) is 13.6. The van der Waals surface area contributed by atoms with Crippen LogP contribution in [0, 0.1) is 35.0 Å². The second kappa shape index (κ2) is 12.7. The van der Waals surface area contributed by atoms with Gasteiger partial charge >= 0.3 is 12.1 Å². The molecule has 4 nitrogen and oxygen atoms in total. The number of phenolic OH excluding ortho intramolecular Hbond substituents is 1. The van der Waals surface area contributed by atoms with E-state index in [4.69, 9.17) is 0 Å². The Morgan fingerprint density at radius 1 is 1.02 bits per heavy atom. The highest BCUT2D eigenvalue weighted by Crippen LogP contribution is 2.76. The van der Waals surface area contributed by atoms with Crippen molar-refractivity contribution in [2.24, 2.45) is 35.0 Å². The average Bonchev–Trinajstić information content (AvgIpc) is 3.70. The second-order valence-corrected chi connectivity index (χ2v) is 16.5. The van der Waals surface area contributed by atoms with Crippen LogP contribution in [0.5, 0.6) is 5.75 Å². The van der Waals surface area contributed by atoms with Crippen LogP contribution in [0.3, 0.4) is 0 Å². The molecule has 1 aromatic carbocycles. The first-order valence-electron chi connectivity index (χ1n) is 16.6. The van der Waals surface area contributed by atoms with Crippen molar-refractivity contribution in [3.8, 4) is 5.75 Å². The lowest BCUT2D eigenvalue weighted by Crippen LogP contribution is -2.53. The first-order chi connectivity index (χ1) is 20.6. The van der Waals surface area contributed by atoms with Crippen LogP contribution < -0.4 is 0 Å². The van der Waals surface area contributed by atoms with Crippen molar-refractivity contribution in [3.63, 3.8) is 0 Å². The molecule has 44 heavy (non-hydrogen) atoms. The molecule has 4 aliphatic rings. The topological polar surface area (TPSA) is 60.8 Å². The maximum atomic E-state index is 13.0. The lowest BCUT2D eigenvalue weighted by Gasteiger charge is -2.56. The van der Waals surface area contributed by atoms with Crippen LogP contribution in [0.25, 0.3) is 0 Å². The molecule has 3 saturated carbocycles. The fraction of sp³-hybridized carbons (Fsp3) is 0.824. The van der Waals surface area contributed by atoms with Gasteiger partial charge in [0.15, 0.2) is 0 Å². The van der Waals surface area contributed by atoms with Gasteiger partial charge in [0.2, 0.25) is 0 Å². The molecule has 5 rings (SSSR count). The summed E-state index contributed by atoms with van der Waals surface area (Å²) in [4.78, 5) is 2.17. The molecule has 0 radical (unpaired) electrons. The molecule has 0 amide bonds. The zero-order chi connectivity index (χ0) is 32.1. The van der Waals surface area contributed by atoms with Gasteiger partial charge in [-0.3, -0.25) is 4.21 Å². The average molecular weight is 648 g/mol. The number of phenols is 1. The molecule has 0 aliphatic heterocycles. The highest BCUT2D eigenvalue weighted by molar-refractivity contribution is 7.84. The Labute approximate surface area is 261 Å². The molecule has 9 atom stereocenters. The summed E-state index contributed by atoms with van der Waals surface area (Å²) < 4.78 is 75.0. The molecule has 10 heteroatoms. The van der Waals surface area contributed by atoms with Crippen LogP contribution in [0.1, 0.15) is 95.1 Å². The highest BCUT2D eigenvalue weighted by Gasteiger charge is 2.74. The Bertz CT molecular complexity index is 1190. The van der Waals surface area contributed by atoms with Crippen molar-refractivity contribution in [1.82, 2.24) is 4.90 Å².